The van der Waals surface area contributed by atoms with Crippen LogP contribution < -0.4 is 5.32 Å². The highest BCUT2D eigenvalue weighted by atomic mass is 35.5. The third-order valence-electron chi connectivity index (χ3n) is 2.94. The molecule has 0 aliphatic rings. The largest absolute Gasteiger partial charge is 0.363 e. The Kier molecular flexibility index (Phi) is 4.15. The molecule has 0 saturated carbocycles. The van der Waals surface area contributed by atoms with Crippen LogP contribution in [0.4, 0.5) is 5.82 Å². The Morgan fingerprint density at radius 1 is 1.22 bits per heavy atom. The quantitative estimate of drug-likeness (QED) is 0.846. The van der Waals surface area contributed by atoms with E-state index < -0.39 is 0 Å². The highest BCUT2D eigenvalue weighted by Crippen LogP contribution is 2.25. The molecule has 0 spiro atoms. The van der Waals surface area contributed by atoms with Crippen LogP contribution in [0.2, 0.25) is 5.15 Å². The van der Waals surface area contributed by atoms with Crippen molar-refractivity contribution < 1.29 is 0 Å². The SMILES string of the molecule is CCC(Nc1ncnc(Cl)c1C)c1ccccc1. The Labute approximate surface area is 112 Å². The molecule has 18 heavy (non-hydrogen) atoms. The number of aromatic nitrogens is 2. The van der Waals surface area contributed by atoms with E-state index in [-0.39, 0.29) is 6.04 Å². The van der Waals surface area contributed by atoms with Gasteiger partial charge in [-0.2, -0.15) is 0 Å². The fraction of sp³-hybridized carbons (Fsp3) is 0.286. The molecule has 3 nitrogen and oxygen atoms in total. The Morgan fingerprint density at radius 2 is 1.94 bits per heavy atom. The molecule has 0 saturated heterocycles. The Hall–Kier alpha value is -1.61. The number of halogens is 1. The molecule has 0 radical (unpaired) electrons. The molecular formula is C14H16ClN3. The lowest BCUT2D eigenvalue weighted by Crippen LogP contribution is -2.12. The molecule has 4 heteroatoms. The third kappa shape index (κ3) is 2.79. The predicted molar refractivity (Wildman–Crippen MR) is 74.9 cm³/mol. The van der Waals surface area contributed by atoms with Gasteiger partial charge in [-0.25, -0.2) is 9.97 Å². The van der Waals surface area contributed by atoms with E-state index in [1.807, 2.05) is 25.1 Å². The topological polar surface area (TPSA) is 37.8 Å². The molecule has 0 amide bonds. The van der Waals surface area contributed by atoms with Crippen molar-refractivity contribution in [2.45, 2.75) is 26.3 Å². The maximum atomic E-state index is 6.00. The van der Waals surface area contributed by atoms with Gasteiger partial charge in [-0.05, 0) is 18.9 Å². The number of nitrogens with one attached hydrogen (secondary N) is 1. The van der Waals surface area contributed by atoms with Crippen LogP contribution in [0.3, 0.4) is 0 Å². The summed E-state index contributed by atoms with van der Waals surface area (Å²) in [5, 5.41) is 3.91. The Balaban J connectivity index is 2.24. The fourth-order valence-corrected chi connectivity index (χ4v) is 1.98. The molecule has 1 unspecified atom stereocenters. The maximum absolute atomic E-state index is 6.00. The number of benzene rings is 1. The second-order valence-electron chi connectivity index (χ2n) is 4.15. The summed E-state index contributed by atoms with van der Waals surface area (Å²) < 4.78 is 0. The summed E-state index contributed by atoms with van der Waals surface area (Å²) in [6, 6.07) is 10.6. The second kappa shape index (κ2) is 5.83. The molecule has 2 aromatic rings. The smallest absolute Gasteiger partial charge is 0.137 e. The molecule has 0 fully saturated rings. The summed E-state index contributed by atoms with van der Waals surface area (Å²) in [6.07, 6.45) is 2.46. The van der Waals surface area contributed by atoms with E-state index in [1.165, 1.54) is 11.9 Å². The van der Waals surface area contributed by atoms with Crippen LogP contribution in [0.25, 0.3) is 0 Å². The molecule has 94 valence electrons. The monoisotopic (exact) mass is 261 g/mol. The summed E-state index contributed by atoms with van der Waals surface area (Å²) in [6.45, 7) is 4.06. The molecule has 1 heterocycles. The minimum absolute atomic E-state index is 0.232. The van der Waals surface area contributed by atoms with Gasteiger partial charge in [0.15, 0.2) is 0 Å². The summed E-state index contributed by atoms with van der Waals surface area (Å²) in [5.41, 5.74) is 2.13. The van der Waals surface area contributed by atoms with Gasteiger partial charge >= 0.3 is 0 Å². The van der Waals surface area contributed by atoms with E-state index in [1.54, 1.807) is 0 Å². The van der Waals surface area contributed by atoms with Crippen LogP contribution >= 0.6 is 11.6 Å². The van der Waals surface area contributed by atoms with Gasteiger partial charge in [-0.3, -0.25) is 0 Å². The number of anilines is 1. The first kappa shape index (κ1) is 12.8. The fourth-order valence-electron chi connectivity index (χ4n) is 1.85. The average molecular weight is 262 g/mol. The van der Waals surface area contributed by atoms with Crippen molar-refractivity contribution in [3.8, 4) is 0 Å². The van der Waals surface area contributed by atoms with Gasteiger partial charge in [0.25, 0.3) is 0 Å². The number of hydrogen-bond acceptors (Lipinski definition) is 3. The van der Waals surface area contributed by atoms with Crippen molar-refractivity contribution in [2.24, 2.45) is 0 Å². The van der Waals surface area contributed by atoms with Gasteiger partial charge in [-0.15, -0.1) is 0 Å². The first-order valence-corrected chi connectivity index (χ1v) is 6.38. The van der Waals surface area contributed by atoms with Crippen LogP contribution in [-0.4, -0.2) is 9.97 Å². The lowest BCUT2D eigenvalue weighted by Gasteiger charge is -2.19. The summed E-state index contributed by atoms with van der Waals surface area (Å²) in [7, 11) is 0. The van der Waals surface area contributed by atoms with E-state index in [4.69, 9.17) is 11.6 Å². The highest BCUT2D eigenvalue weighted by Gasteiger charge is 2.12. The van der Waals surface area contributed by atoms with E-state index in [2.05, 4.69) is 34.3 Å². The van der Waals surface area contributed by atoms with Crippen LogP contribution in [0.15, 0.2) is 36.7 Å². The molecule has 1 aromatic carbocycles. The van der Waals surface area contributed by atoms with Crippen molar-refractivity contribution in [3.63, 3.8) is 0 Å². The van der Waals surface area contributed by atoms with Crippen molar-refractivity contribution >= 4 is 17.4 Å². The molecule has 0 aliphatic heterocycles. The zero-order chi connectivity index (χ0) is 13.0. The van der Waals surface area contributed by atoms with E-state index >= 15 is 0 Å². The molecule has 1 aromatic heterocycles. The number of hydrogen-bond donors (Lipinski definition) is 1. The van der Waals surface area contributed by atoms with Gasteiger partial charge in [0.2, 0.25) is 0 Å². The molecule has 0 aliphatic carbocycles. The van der Waals surface area contributed by atoms with Crippen molar-refractivity contribution in [1.29, 1.82) is 0 Å². The molecule has 1 atom stereocenters. The first-order valence-electron chi connectivity index (χ1n) is 6.01. The second-order valence-corrected chi connectivity index (χ2v) is 4.51. The Morgan fingerprint density at radius 3 is 2.61 bits per heavy atom. The molecule has 0 bridgehead atoms. The van der Waals surface area contributed by atoms with Crippen LogP contribution in [0.5, 0.6) is 0 Å². The zero-order valence-corrected chi connectivity index (χ0v) is 11.3. The lowest BCUT2D eigenvalue weighted by atomic mass is 10.0. The minimum atomic E-state index is 0.232. The summed E-state index contributed by atoms with van der Waals surface area (Å²) in [4.78, 5) is 8.21. The highest BCUT2D eigenvalue weighted by molar-refractivity contribution is 6.30. The maximum Gasteiger partial charge on any atom is 0.137 e. The normalized spacial score (nSPS) is 12.2. The molecule has 2 rings (SSSR count). The lowest BCUT2D eigenvalue weighted by molar-refractivity contribution is 0.742. The summed E-state index contributed by atoms with van der Waals surface area (Å²) >= 11 is 6.00. The molecule has 1 N–H and O–H groups in total. The average Bonchev–Trinajstić information content (AvgIpc) is 2.41. The third-order valence-corrected chi connectivity index (χ3v) is 3.32. The van der Waals surface area contributed by atoms with Crippen LogP contribution in [-0.2, 0) is 0 Å². The minimum Gasteiger partial charge on any atom is -0.363 e. The van der Waals surface area contributed by atoms with Gasteiger partial charge in [0.05, 0.1) is 6.04 Å². The summed E-state index contributed by atoms with van der Waals surface area (Å²) in [5.74, 6) is 0.797. The van der Waals surface area contributed by atoms with Crippen LogP contribution in [0, 0.1) is 6.92 Å². The number of nitrogens with zero attached hydrogens (tertiary/aromatic N) is 2. The van der Waals surface area contributed by atoms with E-state index in [0.717, 1.165) is 17.8 Å². The van der Waals surface area contributed by atoms with Gasteiger partial charge in [0, 0.05) is 5.56 Å². The zero-order valence-electron chi connectivity index (χ0n) is 10.5. The Bertz CT molecular complexity index is 514. The standard InChI is InChI=1S/C14H16ClN3/c1-3-12(11-7-5-4-6-8-11)18-14-10(2)13(15)16-9-17-14/h4-9,12H,3H2,1-2H3,(H,16,17,18). The van der Waals surface area contributed by atoms with Gasteiger partial charge in [-0.1, -0.05) is 48.9 Å². The predicted octanol–water partition coefficient (Wildman–Crippen LogP) is 4.00. The molecular weight excluding hydrogens is 246 g/mol. The van der Waals surface area contributed by atoms with Gasteiger partial charge < -0.3 is 5.32 Å². The van der Waals surface area contributed by atoms with Crippen LogP contribution in [0.1, 0.15) is 30.5 Å². The van der Waals surface area contributed by atoms with Crippen molar-refractivity contribution in [2.75, 3.05) is 5.32 Å². The van der Waals surface area contributed by atoms with Crippen molar-refractivity contribution in [3.05, 3.63) is 52.9 Å². The van der Waals surface area contributed by atoms with Crippen molar-refractivity contribution in [1.82, 2.24) is 9.97 Å². The number of rotatable bonds is 4. The van der Waals surface area contributed by atoms with E-state index in [0.29, 0.717) is 5.15 Å². The van der Waals surface area contributed by atoms with Gasteiger partial charge in [0.1, 0.15) is 17.3 Å². The first-order chi connectivity index (χ1) is 8.72. The van der Waals surface area contributed by atoms with E-state index in [9.17, 15) is 0 Å².